The third-order valence-electron chi connectivity index (χ3n) is 7.09. The minimum absolute atomic E-state index is 0.123. The SMILES string of the molecule is COc1ccc(CCn2c(C)cc(C(=O)CN3CCN(CC(=O)NC4CC4)CC3)c2C)cc1OC. The number of ketones is 1. The fraction of sp³-hybridized carbons (Fsp3) is 0.556. The van der Waals surface area contributed by atoms with Gasteiger partial charge in [0.05, 0.1) is 27.3 Å². The van der Waals surface area contributed by atoms with Gasteiger partial charge in [0.1, 0.15) is 0 Å². The molecule has 0 unspecified atom stereocenters. The van der Waals surface area contributed by atoms with Crippen molar-refractivity contribution in [3.63, 3.8) is 0 Å². The standard InChI is InChI=1S/C27H38N4O4/c1-19-15-23(20(2)31(19)10-9-21-5-8-25(34-3)26(16-21)35-4)24(32)17-29-11-13-30(14-12-29)18-27(33)28-22-6-7-22/h5,8,15-16,22H,6-7,9-14,17-18H2,1-4H3,(H,28,33). The number of Topliss-reactive ketones (excluding diaryl/α,β-unsaturated/α-hetero) is 1. The molecule has 2 fully saturated rings. The smallest absolute Gasteiger partial charge is 0.234 e. The summed E-state index contributed by atoms with van der Waals surface area (Å²) in [5.41, 5.74) is 4.08. The summed E-state index contributed by atoms with van der Waals surface area (Å²) in [5, 5.41) is 3.05. The van der Waals surface area contributed by atoms with E-state index in [4.69, 9.17) is 9.47 Å². The van der Waals surface area contributed by atoms with Crippen LogP contribution in [-0.2, 0) is 17.8 Å². The second kappa shape index (κ2) is 11.3. The zero-order valence-electron chi connectivity index (χ0n) is 21.4. The highest BCUT2D eigenvalue weighted by Crippen LogP contribution is 2.28. The van der Waals surface area contributed by atoms with Crippen molar-refractivity contribution in [2.45, 2.75) is 45.7 Å². The number of ether oxygens (including phenoxy) is 2. The molecule has 0 bridgehead atoms. The average Bonchev–Trinajstić information content (AvgIpc) is 3.61. The molecule has 2 aliphatic rings. The number of benzene rings is 1. The van der Waals surface area contributed by atoms with Gasteiger partial charge < -0.3 is 19.4 Å². The first-order valence-corrected chi connectivity index (χ1v) is 12.5. The highest BCUT2D eigenvalue weighted by molar-refractivity contribution is 5.99. The van der Waals surface area contributed by atoms with E-state index in [0.29, 0.717) is 19.1 Å². The molecule has 35 heavy (non-hydrogen) atoms. The zero-order chi connectivity index (χ0) is 24.9. The summed E-state index contributed by atoms with van der Waals surface area (Å²) in [7, 11) is 3.28. The van der Waals surface area contributed by atoms with E-state index in [1.807, 2.05) is 25.1 Å². The van der Waals surface area contributed by atoms with Crippen LogP contribution in [0.4, 0.5) is 0 Å². The predicted octanol–water partition coefficient (Wildman–Crippen LogP) is 2.44. The van der Waals surface area contributed by atoms with Crippen LogP contribution >= 0.6 is 0 Å². The van der Waals surface area contributed by atoms with Crippen molar-refractivity contribution < 1.29 is 19.1 Å². The van der Waals surface area contributed by atoms with E-state index in [1.54, 1.807) is 14.2 Å². The quantitative estimate of drug-likeness (QED) is 0.496. The number of nitrogens with zero attached hydrogens (tertiary/aromatic N) is 3. The third-order valence-corrected chi connectivity index (χ3v) is 7.09. The molecule has 4 rings (SSSR count). The lowest BCUT2D eigenvalue weighted by Crippen LogP contribution is -2.50. The van der Waals surface area contributed by atoms with Crippen LogP contribution in [-0.4, -0.2) is 85.6 Å². The van der Waals surface area contributed by atoms with Gasteiger partial charge in [-0.3, -0.25) is 19.4 Å². The molecule has 1 saturated carbocycles. The lowest BCUT2D eigenvalue weighted by Gasteiger charge is -2.33. The molecule has 1 aliphatic carbocycles. The largest absolute Gasteiger partial charge is 0.493 e. The maximum Gasteiger partial charge on any atom is 0.234 e. The van der Waals surface area contributed by atoms with Gasteiger partial charge in [-0.25, -0.2) is 0 Å². The summed E-state index contributed by atoms with van der Waals surface area (Å²) < 4.78 is 13.0. The molecular weight excluding hydrogens is 444 g/mol. The van der Waals surface area contributed by atoms with E-state index in [-0.39, 0.29) is 11.7 Å². The van der Waals surface area contributed by atoms with Crippen LogP contribution in [0.15, 0.2) is 24.3 Å². The molecule has 1 amide bonds. The van der Waals surface area contributed by atoms with E-state index in [9.17, 15) is 9.59 Å². The molecule has 1 N–H and O–H groups in total. The van der Waals surface area contributed by atoms with Gasteiger partial charge in [-0.2, -0.15) is 0 Å². The lowest BCUT2D eigenvalue weighted by molar-refractivity contribution is -0.122. The number of piperazine rings is 1. The molecular formula is C27H38N4O4. The van der Waals surface area contributed by atoms with Crippen LogP contribution in [0, 0.1) is 13.8 Å². The van der Waals surface area contributed by atoms with Gasteiger partial charge in [0, 0.05) is 55.7 Å². The van der Waals surface area contributed by atoms with Gasteiger partial charge >= 0.3 is 0 Å². The average molecular weight is 483 g/mol. The maximum absolute atomic E-state index is 13.2. The van der Waals surface area contributed by atoms with Crippen LogP contribution < -0.4 is 14.8 Å². The Hall–Kier alpha value is -2.84. The number of carbonyl (C=O) groups excluding carboxylic acids is 2. The molecule has 0 atom stereocenters. The fourth-order valence-corrected chi connectivity index (χ4v) is 4.80. The van der Waals surface area contributed by atoms with Crippen LogP contribution in [0.5, 0.6) is 11.5 Å². The topological polar surface area (TPSA) is 76.0 Å². The molecule has 0 spiro atoms. The summed E-state index contributed by atoms with van der Waals surface area (Å²) >= 11 is 0. The number of aromatic nitrogens is 1. The summed E-state index contributed by atoms with van der Waals surface area (Å²) in [6.07, 6.45) is 3.05. The van der Waals surface area contributed by atoms with Crippen LogP contribution in [0.3, 0.4) is 0 Å². The molecule has 0 radical (unpaired) electrons. The normalized spacial score (nSPS) is 16.8. The number of amides is 1. The first kappa shape index (κ1) is 25.3. The Morgan fingerprint density at radius 2 is 1.60 bits per heavy atom. The predicted molar refractivity (Wildman–Crippen MR) is 136 cm³/mol. The number of hydrogen-bond acceptors (Lipinski definition) is 6. The first-order valence-electron chi connectivity index (χ1n) is 12.5. The molecule has 1 saturated heterocycles. The summed E-state index contributed by atoms with van der Waals surface area (Å²) in [6.45, 7) is 9.01. The Morgan fingerprint density at radius 1 is 0.943 bits per heavy atom. The van der Waals surface area contributed by atoms with Crippen molar-refractivity contribution >= 4 is 11.7 Å². The Morgan fingerprint density at radius 3 is 2.23 bits per heavy atom. The minimum atomic E-state index is 0.123. The summed E-state index contributed by atoms with van der Waals surface area (Å²) in [6, 6.07) is 8.41. The molecule has 1 aromatic heterocycles. The van der Waals surface area contributed by atoms with Crippen LogP contribution in [0.25, 0.3) is 0 Å². The molecule has 8 heteroatoms. The molecule has 190 valence electrons. The monoisotopic (exact) mass is 482 g/mol. The minimum Gasteiger partial charge on any atom is -0.493 e. The molecule has 2 aromatic rings. The van der Waals surface area contributed by atoms with E-state index >= 15 is 0 Å². The van der Waals surface area contributed by atoms with Gasteiger partial charge in [-0.05, 0) is 56.9 Å². The van der Waals surface area contributed by atoms with E-state index in [1.165, 1.54) is 0 Å². The van der Waals surface area contributed by atoms with Gasteiger partial charge in [-0.15, -0.1) is 0 Å². The number of nitrogens with one attached hydrogen (secondary N) is 1. The summed E-state index contributed by atoms with van der Waals surface area (Å²) in [4.78, 5) is 29.6. The first-order chi connectivity index (χ1) is 16.9. The maximum atomic E-state index is 13.2. The van der Waals surface area contributed by atoms with Crippen molar-refractivity contribution in [2.75, 3.05) is 53.5 Å². The number of aryl methyl sites for hydroxylation is 2. The van der Waals surface area contributed by atoms with Crippen molar-refractivity contribution in [1.29, 1.82) is 0 Å². The number of carbonyl (C=O) groups is 2. The summed E-state index contributed by atoms with van der Waals surface area (Å²) in [5.74, 6) is 1.73. The van der Waals surface area contributed by atoms with E-state index in [2.05, 4.69) is 32.7 Å². The second-order valence-corrected chi connectivity index (χ2v) is 9.69. The number of methoxy groups -OCH3 is 2. The van der Waals surface area contributed by atoms with Crippen molar-refractivity contribution in [2.24, 2.45) is 0 Å². The number of hydrogen-bond donors (Lipinski definition) is 1. The van der Waals surface area contributed by atoms with Crippen molar-refractivity contribution in [3.05, 3.63) is 46.8 Å². The van der Waals surface area contributed by atoms with Gasteiger partial charge in [0.2, 0.25) is 5.91 Å². The van der Waals surface area contributed by atoms with Crippen LogP contribution in [0.1, 0.15) is 40.2 Å². The zero-order valence-corrected chi connectivity index (χ0v) is 21.4. The molecule has 8 nitrogen and oxygen atoms in total. The number of rotatable bonds is 11. The Bertz CT molecular complexity index is 1050. The fourth-order valence-electron chi connectivity index (χ4n) is 4.80. The van der Waals surface area contributed by atoms with E-state index < -0.39 is 0 Å². The van der Waals surface area contributed by atoms with Gasteiger partial charge in [0.25, 0.3) is 0 Å². The Labute approximate surface area is 208 Å². The van der Waals surface area contributed by atoms with Gasteiger partial charge in [0.15, 0.2) is 17.3 Å². The molecule has 1 aliphatic heterocycles. The van der Waals surface area contributed by atoms with Crippen molar-refractivity contribution in [1.82, 2.24) is 19.7 Å². The van der Waals surface area contributed by atoms with Crippen LogP contribution in [0.2, 0.25) is 0 Å². The third kappa shape index (κ3) is 6.44. The Balaban J connectivity index is 1.29. The second-order valence-electron chi connectivity index (χ2n) is 9.69. The molecule has 1 aromatic carbocycles. The Kier molecular flexibility index (Phi) is 8.13. The van der Waals surface area contributed by atoms with Gasteiger partial charge in [-0.1, -0.05) is 6.07 Å². The molecule has 2 heterocycles. The van der Waals surface area contributed by atoms with Crippen molar-refractivity contribution in [3.8, 4) is 11.5 Å². The highest BCUT2D eigenvalue weighted by Gasteiger charge is 2.26. The van der Waals surface area contributed by atoms with E-state index in [0.717, 1.165) is 86.0 Å². The highest BCUT2D eigenvalue weighted by atomic mass is 16.5. The lowest BCUT2D eigenvalue weighted by atomic mass is 10.1.